The second-order valence-corrected chi connectivity index (χ2v) is 9.84. The van der Waals surface area contributed by atoms with E-state index in [1.54, 1.807) is 30.3 Å². The van der Waals surface area contributed by atoms with Gasteiger partial charge in [0, 0.05) is 29.2 Å². The number of fused-ring (bicyclic) bond motifs is 1. The van der Waals surface area contributed by atoms with Gasteiger partial charge in [0.15, 0.2) is 5.17 Å². The smallest absolute Gasteiger partial charge is 0.337 e. The lowest BCUT2D eigenvalue weighted by molar-refractivity contribution is -0.115. The van der Waals surface area contributed by atoms with Crippen molar-refractivity contribution in [2.24, 2.45) is 4.99 Å². The van der Waals surface area contributed by atoms with Gasteiger partial charge in [-0.1, -0.05) is 47.5 Å². The molecular weight excluding hydrogens is 517 g/mol. The Morgan fingerprint density at radius 1 is 1.08 bits per heavy atom. The number of halogens is 2. The molecule has 1 aliphatic heterocycles. The second-order valence-electron chi connectivity index (χ2n) is 8.00. The van der Waals surface area contributed by atoms with E-state index in [1.807, 2.05) is 48.7 Å². The van der Waals surface area contributed by atoms with E-state index in [4.69, 9.17) is 27.9 Å². The number of carbonyl (C=O) groups is 2. The number of nitrogens with zero attached hydrogens (tertiary/aromatic N) is 2. The van der Waals surface area contributed by atoms with E-state index < -0.39 is 5.97 Å². The first kappa shape index (κ1) is 24.2. The van der Waals surface area contributed by atoms with Gasteiger partial charge in [0.2, 0.25) is 0 Å². The number of methoxy groups -OCH3 is 1. The minimum atomic E-state index is -0.415. The molecule has 1 aliphatic rings. The number of amidine groups is 1. The summed E-state index contributed by atoms with van der Waals surface area (Å²) in [6.45, 7) is 0.605. The summed E-state index contributed by atoms with van der Waals surface area (Å²) < 4.78 is 6.84. The van der Waals surface area contributed by atoms with Crippen LogP contribution in [-0.4, -0.2) is 28.7 Å². The molecule has 0 spiro atoms. The molecule has 1 saturated heterocycles. The zero-order chi connectivity index (χ0) is 25.2. The van der Waals surface area contributed by atoms with Crippen LogP contribution in [0.2, 0.25) is 10.0 Å². The summed E-state index contributed by atoms with van der Waals surface area (Å²) in [5, 5.41) is 5.34. The van der Waals surface area contributed by atoms with Crippen molar-refractivity contribution in [3.63, 3.8) is 0 Å². The van der Waals surface area contributed by atoms with Crippen molar-refractivity contribution in [1.29, 1.82) is 0 Å². The summed E-state index contributed by atoms with van der Waals surface area (Å²) >= 11 is 13.5. The number of rotatable bonds is 5. The Morgan fingerprint density at radius 2 is 1.86 bits per heavy atom. The first-order chi connectivity index (χ1) is 17.4. The molecule has 0 aliphatic carbocycles. The van der Waals surface area contributed by atoms with Crippen LogP contribution in [0.25, 0.3) is 17.0 Å². The number of carbonyl (C=O) groups excluding carboxylic acids is 2. The molecule has 1 aromatic heterocycles. The molecule has 4 aromatic rings. The van der Waals surface area contributed by atoms with Crippen LogP contribution in [-0.2, 0) is 16.1 Å². The number of hydrogen-bond donors (Lipinski definition) is 1. The van der Waals surface area contributed by atoms with Gasteiger partial charge in [0.05, 0.1) is 33.3 Å². The number of ether oxygens (including phenoxy) is 1. The fourth-order valence-corrected chi connectivity index (χ4v) is 5.04. The Balaban J connectivity index is 1.42. The highest BCUT2D eigenvalue weighted by Crippen LogP contribution is 2.32. The highest BCUT2D eigenvalue weighted by atomic mass is 35.5. The summed E-state index contributed by atoms with van der Waals surface area (Å²) in [4.78, 5) is 29.3. The first-order valence-electron chi connectivity index (χ1n) is 10.9. The predicted molar refractivity (Wildman–Crippen MR) is 146 cm³/mol. The van der Waals surface area contributed by atoms with Gasteiger partial charge in [-0.2, -0.15) is 0 Å². The average Bonchev–Trinajstić information content (AvgIpc) is 3.40. The summed E-state index contributed by atoms with van der Waals surface area (Å²) in [6, 6.07) is 20.3. The van der Waals surface area contributed by atoms with E-state index in [9.17, 15) is 9.59 Å². The largest absolute Gasteiger partial charge is 0.465 e. The predicted octanol–water partition coefficient (Wildman–Crippen LogP) is 6.67. The molecule has 5 rings (SSSR count). The number of aliphatic imine (C=N–C) groups is 1. The van der Waals surface area contributed by atoms with E-state index in [2.05, 4.69) is 14.9 Å². The zero-order valence-electron chi connectivity index (χ0n) is 19.0. The van der Waals surface area contributed by atoms with Crippen molar-refractivity contribution < 1.29 is 14.3 Å². The van der Waals surface area contributed by atoms with Gasteiger partial charge in [-0.3, -0.25) is 4.79 Å². The van der Waals surface area contributed by atoms with Gasteiger partial charge < -0.3 is 14.6 Å². The van der Waals surface area contributed by atoms with Gasteiger partial charge in [0.1, 0.15) is 0 Å². The van der Waals surface area contributed by atoms with Gasteiger partial charge in [-0.25, -0.2) is 9.79 Å². The zero-order valence-corrected chi connectivity index (χ0v) is 21.3. The normalized spacial score (nSPS) is 15.6. The van der Waals surface area contributed by atoms with Crippen LogP contribution in [0.4, 0.5) is 5.69 Å². The van der Waals surface area contributed by atoms with Crippen molar-refractivity contribution in [1.82, 2.24) is 9.88 Å². The second kappa shape index (κ2) is 10.2. The number of nitrogens with one attached hydrogen (secondary N) is 1. The number of hydrogen-bond acceptors (Lipinski definition) is 5. The quantitative estimate of drug-likeness (QED) is 0.228. The van der Waals surface area contributed by atoms with Crippen molar-refractivity contribution >= 4 is 74.7 Å². The van der Waals surface area contributed by atoms with E-state index in [1.165, 1.54) is 18.9 Å². The van der Waals surface area contributed by atoms with Crippen LogP contribution in [0.15, 0.2) is 82.8 Å². The summed E-state index contributed by atoms with van der Waals surface area (Å²) in [6.07, 6.45) is 3.89. The molecule has 1 amide bonds. The van der Waals surface area contributed by atoms with Crippen LogP contribution in [0.1, 0.15) is 21.5 Å². The van der Waals surface area contributed by atoms with Crippen molar-refractivity contribution in [3.05, 3.63) is 105 Å². The lowest BCUT2D eigenvalue weighted by atomic mass is 10.1. The highest BCUT2D eigenvalue weighted by molar-refractivity contribution is 8.18. The summed E-state index contributed by atoms with van der Waals surface area (Å²) in [7, 11) is 1.33. The SMILES string of the molecule is COC(=O)c1ccc(N=C2NC(=O)/C(=C/c3cn(Cc4ccc(Cl)c(Cl)c4)c4ccccc34)S2)cc1. The maximum Gasteiger partial charge on any atom is 0.337 e. The van der Waals surface area contributed by atoms with Crippen LogP contribution in [0.5, 0.6) is 0 Å². The molecule has 0 bridgehead atoms. The molecule has 9 heteroatoms. The van der Waals surface area contributed by atoms with Gasteiger partial charge >= 0.3 is 5.97 Å². The maximum absolute atomic E-state index is 12.7. The number of benzene rings is 3. The standard InChI is InChI=1S/C27H19Cl2N3O3S/c1-35-26(34)17-7-9-19(10-8-17)30-27-31-25(33)24(36-27)13-18-15-32(23-5-3-2-4-20(18)23)14-16-6-11-21(28)22(29)12-16/h2-13,15H,14H2,1H3,(H,30,31,33)/b24-13-. The van der Waals surface area contributed by atoms with Crippen LogP contribution < -0.4 is 5.32 Å². The molecule has 3 aromatic carbocycles. The molecule has 36 heavy (non-hydrogen) atoms. The van der Waals surface area contributed by atoms with Crippen LogP contribution in [0, 0.1) is 0 Å². The number of thioether (sulfide) groups is 1. The van der Waals surface area contributed by atoms with E-state index in [0.29, 0.717) is 37.9 Å². The Morgan fingerprint density at radius 3 is 2.61 bits per heavy atom. The number of aromatic nitrogens is 1. The lowest BCUT2D eigenvalue weighted by Gasteiger charge is -2.06. The molecule has 0 saturated carbocycles. The van der Waals surface area contributed by atoms with Crippen molar-refractivity contribution in [2.45, 2.75) is 6.54 Å². The molecule has 1 fully saturated rings. The van der Waals surface area contributed by atoms with Crippen molar-refractivity contribution in [2.75, 3.05) is 7.11 Å². The fraction of sp³-hybridized carbons (Fsp3) is 0.0741. The molecule has 1 N–H and O–H groups in total. The third-order valence-electron chi connectivity index (χ3n) is 5.61. The molecule has 2 heterocycles. The molecule has 180 valence electrons. The topological polar surface area (TPSA) is 72.7 Å². The van der Waals surface area contributed by atoms with E-state index in [-0.39, 0.29) is 5.91 Å². The molecule has 0 atom stereocenters. The third kappa shape index (κ3) is 5.04. The Bertz CT molecular complexity index is 1560. The monoisotopic (exact) mass is 535 g/mol. The van der Waals surface area contributed by atoms with Gasteiger partial charge in [-0.05, 0) is 65.9 Å². The lowest BCUT2D eigenvalue weighted by Crippen LogP contribution is -2.19. The number of para-hydroxylation sites is 1. The summed E-state index contributed by atoms with van der Waals surface area (Å²) in [5.74, 6) is -0.632. The van der Waals surface area contributed by atoms with Gasteiger partial charge in [-0.15, -0.1) is 0 Å². The number of amides is 1. The van der Waals surface area contributed by atoms with Crippen molar-refractivity contribution in [3.8, 4) is 0 Å². The van der Waals surface area contributed by atoms with Gasteiger partial charge in [0.25, 0.3) is 5.91 Å². The summed E-state index contributed by atoms with van der Waals surface area (Å²) in [5.41, 5.74) is 4.03. The molecule has 6 nitrogen and oxygen atoms in total. The Labute approximate surface area is 221 Å². The van der Waals surface area contributed by atoms with Crippen LogP contribution >= 0.6 is 35.0 Å². The van der Waals surface area contributed by atoms with Crippen LogP contribution in [0.3, 0.4) is 0 Å². The number of esters is 1. The Hall–Kier alpha value is -3.52. The molecular formula is C27H19Cl2N3O3S. The third-order valence-corrected chi connectivity index (χ3v) is 7.26. The Kier molecular flexibility index (Phi) is 6.87. The highest BCUT2D eigenvalue weighted by Gasteiger charge is 2.24. The minimum absolute atomic E-state index is 0.216. The molecule has 0 radical (unpaired) electrons. The van der Waals surface area contributed by atoms with E-state index in [0.717, 1.165) is 22.0 Å². The minimum Gasteiger partial charge on any atom is -0.465 e. The first-order valence-corrected chi connectivity index (χ1v) is 12.5. The average molecular weight is 536 g/mol. The van der Waals surface area contributed by atoms with E-state index >= 15 is 0 Å². The maximum atomic E-state index is 12.7. The fourth-order valence-electron chi connectivity index (χ4n) is 3.88. The molecule has 0 unspecified atom stereocenters.